The molecule has 63 heavy (non-hydrogen) atoms. The molecule has 9 aromatic carbocycles. The second-order valence-corrected chi connectivity index (χ2v) is 17.1. The van der Waals surface area contributed by atoms with Gasteiger partial charge in [-0.25, -0.2) is 4.98 Å². The highest BCUT2D eigenvalue weighted by atomic mass is 32.1. The van der Waals surface area contributed by atoms with Gasteiger partial charge in [0.25, 0.3) is 0 Å². The van der Waals surface area contributed by atoms with Crippen LogP contribution in [0.1, 0.15) is 0 Å². The quantitative estimate of drug-likeness (QED) is 0.168. The van der Waals surface area contributed by atoms with Crippen LogP contribution in [0.5, 0.6) is 0 Å². The number of benzene rings is 9. The summed E-state index contributed by atoms with van der Waals surface area (Å²) in [6.07, 6.45) is 0. The molecular weight excluding hydrogens is 787 g/mol. The van der Waals surface area contributed by atoms with Gasteiger partial charge in [-0.05, 0) is 65.2 Å². The number of para-hydroxylation sites is 2. The molecule has 0 amide bonds. The summed E-state index contributed by atoms with van der Waals surface area (Å²) in [6.45, 7) is 0. The van der Waals surface area contributed by atoms with Crippen molar-refractivity contribution < 1.29 is 0 Å². The van der Waals surface area contributed by atoms with Crippen molar-refractivity contribution in [2.45, 2.75) is 0 Å². The zero-order valence-corrected chi connectivity index (χ0v) is 34.7. The highest BCUT2D eigenvalue weighted by molar-refractivity contribution is 7.25. The maximum atomic E-state index is 5.44. The maximum absolute atomic E-state index is 5.44. The first-order valence-corrected chi connectivity index (χ1v) is 22.0. The largest absolute Gasteiger partial charge is 0.309 e. The number of nitrogens with zero attached hydrogens (tertiary/aromatic N) is 5. The van der Waals surface area contributed by atoms with E-state index in [2.05, 4.69) is 203 Å². The topological polar surface area (TPSA) is 48.5 Å². The normalized spacial score (nSPS) is 11.8. The minimum atomic E-state index is 0.570. The Labute approximate surface area is 366 Å². The molecule has 0 fully saturated rings. The molecule has 0 bridgehead atoms. The Hall–Kier alpha value is -8.19. The number of thiophene rings is 1. The molecule has 0 radical (unpaired) electrons. The predicted molar refractivity (Wildman–Crippen MR) is 263 cm³/mol. The molecule has 0 aliphatic carbocycles. The molecule has 4 aromatic heterocycles. The maximum Gasteiger partial charge on any atom is 0.238 e. The van der Waals surface area contributed by atoms with E-state index in [0.29, 0.717) is 17.6 Å². The number of aromatic nitrogens is 5. The van der Waals surface area contributed by atoms with Gasteiger partial charge in [-0.3, -0.25) is 4.57 Å². The summed E-state index contributed by atoms with van der Waals surface area (Å²) < 4.78 is 7.13. The molecule has 5 nitrogen and oxygen atoms in total. The zero-order valence-electron chi connectivity index (χ0n) is 33.9. The SMILES string of the molecule is c1ccc(-c2ccc(-n3c4ccccc4c4cc5c6ccccc6n(-c6nc(-c7ccccc7)nc(-c7cccc8sc9ccccc9c78)n6)c5cc43)c(-c3ccccc3)c2)cc1. The lowest BCUT2D eigenvalue weighted by Crippen LogP contribution is -2.06. The summed E-state index contributed by atoms with van der Waals surface area (Å²) >= 11 is 1.80. The summed E-state index contributed by atoms with van der Waals surface area (Å²) in [5.41, 5.74) is 12.0. The van der Waals surface area contributed by atoms with Crippen LogP contribution in [-0.4, -0.2) is 24.1 Å². The van der Waals surface area contributed by atoms with E-state index in [4.69, 9.17) is 15.0 Å². The predicted octanol–water partition coefficient (Wildman–Crippen LogP) is 15.1. The Morgan fingerprint density at radius 3 is 1.62 bits per heavy atom. The van der Waals surface area contributed by atoms with Crippen LogP contribution in [0.3, 0.4) is 0 Å². The van der Waals surface area contributed by atoms with Crippen molar-refractivity contribution in [2.75, 3.05) is 0 Å². The van der Waals surface area contributed by atoms with Crippen molar-refractivity contribution in [3.8, 4) is 56.7 Å². The molecule has 0 spiro atoms. The third-order valence-corrected chi connectivity index (χ3v) is 13.5. The second-order valence-electron chi connectivity index (χ2n) is 16.0. The van der Waals surface area contributed by atoms with Crippen LogP contribution in [0.2, 0.25) is 0 Å². The van der Waals surface area contributed by atoms with Gasteiger partial charge in [0.05, 0.1) is 27.8 Å². The lowest BCUT2D eigenvalue weighted by molar-refractivity contribution is 0.954. The average molecular weight is 822 g/mol. The van der Waals surface area contributed by atoms with Gasteiger partial charge in [-0.1, -0.05) is 164 Å². The van der Waals surface area contributed by atoms with Gasteiger partial charge in [-0.15, -0.1) is 11.3 Å². The zero-order chi connectivity index (χ0) is 41.4. The van der Waals surface area contributed by atoms with E-state index in [-0.39, 0.29) is 0 Å². The van der Waals surface area contributed by atoms with Crippen molar-refractivity contribution in [1.29, 1.82) is 0 Å². The lowest BCUT2D eigenvalue weighted by atomic mass is 9.97. The number of hydrogen-bond acceptors (Lipinski definition) is 4. The van der Waals surface area contributed by atoms with Crippen LogP contribution in [0, 0.1) is 0 Å². The van der Waals surface area contributed by atoms with Crippen LogP contribution in [-0.2, 0) is 0 Å². The molecule has 0 saturated heterocycles. The fraction of sp³-hybridized carbons (Fsp3) is 0. The van der Waals surface area contributed by atoms with Gasteiger partial charge in [-0.2, -0.15) is 9.97 Å². The van der Waals surface area contributed by atoms with Crippen LogP contribution in [0.25, 0.3) is 120 Å². The first-order chi connectivity index (χ1) is 31.2. The highest BCUT2D eigenvalue weighted by Crippen LogP contribution is 2.43. The monoisotopic (exact) mass is 821 g/mol. The first-order valence-electron chi connectivity index (χ1n) is 21.2. The van der Waals surface area contributed by atoms with E-state index >= 15 is 0 Å². The Bertz CT molecular complexity index is 3900. The summed E-state index contributed by atoms with van der Waals surface area (Å²) in [5, 5.41) is 7.02. The van der Waals surface area contributed by atoms with Crippen LogP contribution in [0.4, 0.5) is 0 Å². The second kappa shape index (κ2) is 14.2. The van der Waals surface area contributed by atoms with Gasteiger partial charge in [0.1, 0.15) is 0 Å². The molecule has 13 rings (SSSR count). The molecule has 0 aliphatic rings. The molecule has 0 atom stereocenters. The Kier molecular flexibility index (Phi) is 8.01. The van der Waals surface area contributed by atoms with Gasteiger partial charge in [0.2, 0.25) is 5.95 Å². The van der Waals surface area contributed by atoms with Gasteiger partial charge in [0, 0.05) is 58.4 Å². The van der Waals surface area contributed by atoms with E-state index in [9.17, 15) is 0 Å². The van der Waals surface area contributed by atoms with E-state index in [0.717, 1.165) is 66.2 Å². The standard InChI is InChI=1S/C57H35N5S/c1-4-17-36(18-5-1)39-31-32-49(44(33-39)37-19-6-2-7-20-37)61-47-27-13-10-23-40(47)45-34-46-41-24-11-14-28-48(41)62(51(46)35-50(45)61)57-59-55(38-21-8-3-9-22-38)58-56(60-57)43-26-16-30-53-54(43)42-25-12-15-29-52(42)63-53/h1-35H. The Balaban J connectivity index is 1.12. The first kappa shape index (κ1) is 35.6. The molecule has 0 aliphatic heterocycles. The fourth-order valence-electron chi connectivity index (χ4n) is 9.56. The van der Waals surface area contributed by atoms with Crippen LogP contribution >= 0.6 is 11.3 Å². The third kappa shape index (κ3) is 5.66. The number of rotatable bonds is 6. The van der Waals surface area contributed by atoms with Crippen molar-refractivity contribution in [1.82, 2.24) is 24.1 Å². The van der Waals surface area contributed by atoms with Crippen molar-refractivity contribution in [3.63, 3.8) is 0 Å². The summed E-state index contributed by atoms with van der Waals surface area (Å²) in [5.74, 6) is 1.83. The van der Waals surface area contributed by atoms with Crippen molar-refractivity contribution in [2.24, 2.45) is 0 Å². The summed E-state index contributed by atoms with van der Waals surface area (Å²) in [7, 11) is 0. The van der Waals surface area contributed by atoms with Gasteiger partial charge < -0.3 is 4.57 Å². The minimum Gasteiger partial charge on any atom is -0.309 e. The minimum absolute atomic E-state index is 0.570. The van der Waals surface area contributed by atoms with Crippen molar-refractivity contribution in [3.05, 3.63) is 212 Å². The molecule has 0 N–H and O–H groups in total. The fourth-order valence-corrected chi connectivity index (χ4v) is 10.7. The molecule has 0 unspecified atom stereocenters. The van der Waals surface area contributed by atoms with Crippen LogP contribution in [0.15, 0.2) is 212 Å². The molecule has 0 saturated carbocycles. The average Bonchev–Trinajstić information content (AvgIpc) is 4.01. The van der Waals surface area contributed by atoms with E-state index in [1.807, 2.05) is 18.2 Å². The Morgan fingerprint density at radius 2 is 0.889 bits per heavy atom. The van der Waals surface area contributed by atoms with Crippen LogP contribution < -0.4 is 0 Å². The van der Waals surface area contributed by atoms with Gasteiger partial charge >= 0.3 is 0 Å². The van der Waals surface area contributed by atoms with Crippen molar-refractivity contribution >= 4 is 75.1 Å². The Morgan fingerprint density at radius 1 is 0.317 bits per heavy atom. The summed E-state index contributed by atoms with van der Waals surface area (Å²) in [6, 6.07) is 75.7. The smallest absolute Gasteiger partial charge is 0.238 e. The molecular formula is C57H35N5S. The molecule has 4 heterocycles. The molecule has 13 aromatic rings. The number of fused-ring (bicyclic) bond motifs is 9. The molecule has 6 heteroatoms. The van der Waals surface area contributed by atoms with E-state index < -0.39 is 0 Å². The third-order valence-electron chi connectivity index (χ3n) is 12.4. The van der Waals surface area contributed by atoms with E-state index in [1.165, 1.54) is 36.7 Å². The number of hydrogen-bond donors (Lipinski definition) is 0. The van der Waals surface area contributed by atoms with E-state index in [1.54, 1.807) is 11.3 Å². The summed E-state index contributed by atoms with van der Waals surface area (Å²) in [4.78, 5) is 16.0. The molecule has 294 valence electrons. The van der Waals surface area contributed by atoms with Gasteiger partial charge in [0.15, 0.2) is 11.6 Å². The highest BCUT2D eigenvalue weighted by Gasteiger charge is 2.23. The lowest BCUT2D eigenvalue weighted by Gasteiger charge is -2.16.